The Balaban J connectivity index is 1.86. The van der Waals surface area contributed by atoms with Crippen LogP contribution in [0.5, 0.6) is 0 Å². The average molecular weight is 183 g/mol. The maximum atomic E-state index is 6.07. The first-order valence-electron chi connectivity index (χ1n) is 5.51. The van der Waals surface area contributed by atoms with E-state index in [0.29, 0.717) is 6.04 Å². The van der Waals surface area contributed by atoms with Crippen molar-refractivity contribution in [2.75, 3.05) is 26.2 Å². The minimum atomic E-state index is 0.453. The van der Waals surface area contributed by atoms with Crippen LogP contribution >= 0.6 is 0 Å². The molecule has 0 aliphatic carbocycles. The van der Waals surface area contributed by atoms with Gasteiger partial charge < -0.3 is 11.1 Å². The first kappa shape index (κ1) is 9.44. The van der Waals surface area contributed by atoms with E-state index in [4.69, 9.17) is 5.73 Å². The Bertz CT molecular complexity index is 168. The molecule has 2 heterocycles. The maximum absolute atomic E-state index is 6.07. The topological polar surface area (TPSA) is 41.3 Å². The molecule has 2 atom stereocenters. The van der Waals surface area contributed by atoms with Gasteiger partial charge >= 0.3 is 0 Å². The third-order valence-corrected chi connectivity index (χ3v) is 3.62. The highest BCUT2D eigenvalue weighted by atomic mass is 15.2. The van der Waals surface area contributed by atoms with E-state index in [1.807, 2.05) is 0 Å². The van der Waals surface area contributed by atoms with Gasteiger partial charge in [-0.1, -0.05) is 13.3 Å². The molecule has 2 rings (SSSR count). The van der Waals surface area contributed by atoms with Crippen molar-refractivity contribution in [1.29, 1.82) is 0 Å². The number of hydrogen-bond acceptors (Lipinski definition) is 3. The second kappa shape index (κ2) is 3.95. The van der Waals surface area contributed by atoms with Crippen molar-refractivity contribution >= 4 is 0 Å². The van der Waals surface area contributed by atoms with E-state index in [1.54, 1.807) is 0 Å². The molecular formula is C10H21N3. The van der Waals surface area contributed by atoms with Gasteiger partial charge in [-0.25, -0.2) is 0 Å². The molecule has 0 spiro atoms. The fourth-order valence-electron chi connectivity index (χ4n) is 2.37. The second-order valence-electron chi connectivity index (χ2n) is 4.43. The Morgan fingerprint density at radius 1 is 1.46 bits per heavy atom. The van der Waals surface area contributed by atoms with Crippen LogP contribution in [0.1, 0.15) is 19.8 Å². The summed E-state index contributed by atoms with van der Waals surface area (Å²) in [5, 5.41) is 3.33. The van der Waals surface area contributed by atoms with Gasteiger partial charge in [-0.3, -0.25) is 4.90 Å². The van der Waals surface area contributed by atoms with Crippen LogP contribution in [-0.4, -0.2) is 43.2 Å². The largest absolute Gasteiger partial charge is 0.327 e. The Kier molecular flexibility index (Phi) is 2.86. The Morgan fingerprint density at radius 2 is 2.23 bits per heavy atom. The van der Waals surface area contributed by atoms with Gasteiger partial charge in [-0.05, 0) is 12.3 Å². The van der Waals surface area contributed by atoms with E-state index < -0.39 is 0 Å². The maximum Gasteiger partial charge on any atom is 0.0345 e. The summed E-state index contributed by atoms with van der Waals surface area (Å²) >= 11 is 0. The van der Waals surface area contributed by atoms with Crippen LogP contribution < -0.4 is 11.1 Å². The lowest BCUT2D eigenvalue weighted by atomic mass is 9.89. The number of likely N-dealkylation sites (tertiary alicyclic amines) is 1. The molecule has 2 unspecified atom stereocenters. The first-order chi connectivity index (χ1) is 6.31. The molecule has 3 nitrogen and oxygen atoms in total. The van der Waals surface area contributed by atoms with Crippen LogP contribution in [-0.2, 0) is 0 Å². The van der Waals surface area contributed by atoms with Crippen LogP contribution in [0.3, 0.4) is 0 Å². The highest BCUT2D eigenvalue weighted by Crippen LogP contribution is 2.21. The van der Waals surface area contributed by atoms with Crippen LogP contribution in [0.4, 0.5) is 0 Å². The minimum Gasteiger partial charge on any atom is -0.327 e. The zero-order chi connectivity index (χ0) is 9.26. The van der Waals surface area contributed by atoms with Crippen LogP contribution in [0, 0.1) is 5.92 Å². The molecule has 0 saturated carbocycles. The number of nitrogens with zero attached hydrogens (tertiary/aromatic N) is 1. The molecular weight excluding hydrogens is 162 g/mol. The van der Waals surface area contributed by atoms with Crippen LogP contribution in [0.15, 0.2) is 0 Å². The molecule has 0 aromatic heterocycles. The summed E-state index contributed by atoms with van der Waals surface area (Å²) in [6, 6.07) is 1.26. The number of piperidine rings is 1. The zero-order valence-corrected chi connectivity index (χ0v) is 8.50. The molecule has 3 N–H and O–H groups in total. The van der Waals surface area contributed by atoms with E-state index in [-0.39, 0.29) is 0 Å². The van der Waals surface area contributed by atoms with Gasteiger partial charge in [-0.2, -0.15) is 0 Å². The minimum absolute atomic E-state index is 0.453. The summed E-state index contributed by atoms with van der Waals surface area (Å²) in [5.41, 5.74) is 6.07. The molecule has 0 radical (unpaired) electrons. The highest BCUT2D eigenvalue weighted by Gasteiger charge is 2.31. The van der Waals surface area contributed by atoms with Gasteiger partial charge in [0.05, 0.1) is 0 Å². The van der Waals surface area contributed by atoms with Crippen molar-refractivity contribution in [2.45, 2.75) is 31.8 Å². The quantitative estimate of drug-likeness (QED) is 0.634. The molecule has 13 heavy (non-hydrogen) atoms. The third kappa shape index (κ3) is 1.87. The summed E-state index contributed by atoms with van der Waals surface area (Å²) in [6.45, 7) is 7.07. The highest BCUT2D eigenvalue weighted by molar-refractivity contribution is 4.90. The number of rotatable bonds is 2. The van der Waals surface area contributed by atoms with Crippen molar-refractivity contribution < 1.29 is 0 Å². The van der Waals surface area contributed by atoms with Crippen molar-refractivity contribution in [2.24, 2.45) is 11.7 Å². The summed E-state index contributed by atoms with van der Waals surface area (Å²) < 4.78 is 0. The lowest BCUT2D eigenvalue weighted by Crippen LogP contribution is -2.61. The molecule has 2 aliphatic heterocycles. The van der Waals surface area contributed by atoms with Crippen molar-refractivity contribution in [3.8, 4) is 0 Å². The molecule has 0 aromatic carbocycles. The predicted octanol–water partition coefficient (Wildman–Crippen LogP) is 0.0174. The van der Waals surface area contributed by atoms with Gasteiger partial charge in [0.15, 0.2) is 0 Å². The SMILES string of the molecule is CCC1CN(C2CNC2)CCC1N. The Morgan fingerprint density at radius 3 is 2.77 bits per heavy atom. The van der Waals surface area contributed by atoms with Crippen LogP contribution in [0.2, 0.25) is 0 Å². The molecule has 2 fully saturated rings. The fourth-order valence-corrected chi connectivity index (χ4v) is 2.37. The zero-order valence-electron chi connectivity index (χ0n) is 8.50. The van der Waals surface area contributed by atoms with Gasteiger partial charge in [0.25, 0.3) is 0 Å². The van der Waals surface area contributed by atoms with Gasteiger partial charge in [-0.15, -0.1) is 0 Å². The molecule has 0 amide bonds. The third-order valence-electron chi connectivity index (χ3n) is 3.62. The number of hydrogen-bond donors (Lipinski definition) is 2. The smallest absolute Gasteiger partial charge is 0.0345 e. The molecule has 0 aromatic rings. The molecule has 2 aliphatic rings. The average Bonchev–Trinajstić information content (AvgIpc) is 2.05. The number of nitrogens with two attached hydrogens (primary N) is 1. The van der Waals surface area contributed by atoms with Gasteiger partial charge in [0.1, 0.15) is 0 Å². The summed E-state index contributed by atoms with van der Waals surface area (Å²) in [6.07, 6.45) is 2.42. The Labute approximate surface area is 80.7 Å². The second-order valence-corrected chi connectivity index (χ2v) is 4.43. The molecule has 2 saturated heterocycles. The van der Waals surface area contributed by atoms with E-state index in [9.17, 15) is 0 Å². The summed E-state index contributed by atoms with van der Waals surface area (Å²) in [4.78, 5) is 2.62. The summed E-state index contributed by atoms with van der Waals surface area (Å²) in [5.74, 6) is 0.731. The van der Waals surface area contributed by atoms with E-state index in [1.165, 1.54) is 39.0 Å². The monoisotopic (exact) mass is 183 g/mol. The van der Waals surface area contributed by atoms with Crippen molar-refractivity contribution in [3.05, 3.63) is 0 Å². The summed E-state index contributed by atoms with van der Waals surface area (Å²) in [7, 11) is 0. The lowest BCUT2D eigenvalue weighted by molar-refractivity contribution is 0.0786. The van der Waals surface area contributed by atoms with E-state index in [2.05, 4.69) is 17.1 Å². The van der Waals surface area contributed by atoms with E-state index in [0.717, 1.165) is 12.0 Å². The predicted molar refractivity (Wildman–Crippen MR) is 54.6 cm³/mol. The molecule has 3 heteroatoms. The van der Waals surface area contributed by atoms with Crippen LogP contribution in [0.25, 0.3) is 0 Å². The van der Waals surface area contributed by atoms with Gasteiger partial charge in [0, 0.05) is 38.3 Å². The van der Waals surface area contributed by atoms with E-state index >= 15 is 0 Å². The van der Waals surface area contributed by atoms with Crippen molar-refractivity contribution in [3.63, 3.8) is 0 Å². The lowest BCUT2D eigenvalue weighted by Gasteiger charge is -2.44. The standard InChI is InChI=1S/C10H21N3/c1-2-8-7-13(4-3-10(8)11)9-5-12-6-9/h8-10,12H,2-7,11H2,1H3. The first-order valence-corrected chi connectivity index (χ1v) is 5.51. The molecule has 76 valence electrons. The Hall–Kier alpha value is -0.120. The fraction of sp³-hybridized carbons (Fsp3) is 1.00. The normalized spacial score (nSPS) is 37.4. The molecule has 0 bridgehead atoms. The number of nitrogens with one attached hydrogen (secondary N) is 1. The van der Waals surface area contributed by atoms with Crippen molar-refractivity contribution in [1.82, 2.24) is 10.2 Å². The van der Waals surface area contributed by atoms with Gasteiger partial charge in [0.2, 0.25) is 0 Å².